The Kier molecular flexibility index (Phi) is 2.66. The minimum absolute atomic E-state index is 0.118. The third kappa shape index (κ3) is 1.42. The van der Waals surface area contributed by atoms with E-state index in [4.69, 9.17) is 4.65 Å². The Bertz CT molecular complexity index is 478. The van der Waals surface area contributed by atoms with Gasteiger partial charge in [-0.2, -0.15) is 0 Å². The molecule has 1 aliphatic heterocycles. The number of hydrogen-bond donors (Lipinski definition) is 0. The highest BCUT2D eigenvalue weighted by Gasteiger charge is 2.30. The summed E-state index contributed by atoms with van der Waals surface area (Å²) < 4.78 is 5.66. The summed E-state index contributed by atoms with van der Waals surface area (Å²) in [5.74, 6) is 0.153. The Labute approximate surface area is 97.1 Å². The van der Waals surface area contributed by atoms with Crippen molar-refractivity contribution in [1.29, 1.82) is 0 Å². The highest BCUT2D eigenvalue weighted by Crippen LogP contribution is 2.25. The molecule has 2 nitrogen and oxygen atoms in total. The molecule has 0 aliphatic carbocycles. The van der Waals surface area contributed by atoms with Crippen LogP contribution in [0.1, 0.15) is 39.5 Å². The first-order valence-corrected chi connectivity index (χ1v) is 5.70. The first-order valence-electron chi connectivity index (χ1n) is 5.70. The summed E-state index contributed by atoms with van der Waals surface area (Å²) >= 11 is 0. The molecule has 0 atom stereocenters. The van der Waals surface area contributed by atoms with Crippen LogP contribution in [-0.2, 0) is 11.3 Å². The minimum Gasteiger partial charge on any atom is -0.427 e. The molecule has 0 bridgehead atoms. The number of ketones is 1. The second-order valence-electron chi connectivity index (χ2n) is 4.65. The molecule has 1 aromatic carbocycles. The molecule has 0 spiro atoms. The molecule has 16 heavy (non-hydrogen) atoms. The van der Waals surface area contributed by atoms with Crippen LogP contribution in [0, 0.1) is 20.8 Å². The quantitative estimate of drug-likeness (QED) is 0.531. The predicted molar refractivity (Wildman–Crippen MR) is 66.7 cm³/mol. The van der Waals surface area contributed by atoms with E-state index in [0.717, 1.165) is 16.7 Å². The maximum Gasteiger partial charge on any atom is 0.324 e. The van der Waals surface area contributed by atoms with Crippen molar-refractivity contribution < 1.29 is 9.45 Å². The second-order valence-corrected chi connectivity index (χ2v) is 4.65. The van der Waals surface area contributed by atoms with E-state index in [1.807, 2.05) is 13.8 Å². The van der Waals surface area contributed by atoms with E-state index < -0.39 is 0 Å². The van der Waals surface area contributed by atoms with Gasteiger partial charge in [0.15, 0.2) is 5.78 Å². The second kappa shape index (κ2) is 3.74. The van der Waals surface area contributed by atoms with E-state index in [0.29, 0.717) is 6.61 Å². The van der Waals surface area contributed by atoms with Crippen LogP contribution in [0.2, 0.25) is 6.82 Å². The summed E-state index contributed by atoms with van der Waals surface area (Å²) in [6, 6.07) is 0. The maximum atomic E-state index is 11.7. The molecule has 0 saturated heterocycles. The normalized spacial score (nSPS) is 14.2. The van der Waals surface area contributed by atoms with Crippen molar-refractivity contribution in [2.75, 3.05) is 0 Å². The monoisotopic (exact) mass is 216 g/mol. The topological polar surface area (TPSA) is 26.3 Å². The van der Waals surface area contributed by atoms with Crippen molar-refractivity contribution in [2.45, 2.75) is 41.1 Å². The Morgan fingerprint density at radius 1 is 1.19 bits per heavy atom. The van der Waals surface area contributed by atoms with E-state index in [2.05, 4.69) is 13.7 Å². The summed E-state index contributed by atoms with van der Waals surface area (Å²) in [4.78, 5) is 11.7. The van der Waals surface area contributed by atoms with Gasteiger partial charge in [-0.1, -0.05) is 6.82 Å². The SMILES string of the molecule is CB1OCc2c(C)c(C)c(C(C)=O)c(C)c21. The van der Waals surface area contributed by atoms with Gasteiger partial charge < -0.3 is 4.65 Å². The first-order chi connectivity index (χ1) is 7.45. The van der Waals surface area contributed by atoms with Crippen molar-refractivity contribution in [3.63, 3.8) is 0 Å². The van der Waals surface area contributed by atoms with E-state index in [1.165, 1.54) is 16.6 Å². The van der Waals surface area contributed by atoms with Crippen LogP contribution in [-0.4, -0.2) is 12.7 Å². The third-order valence-electron chi connectivity index (χ3n) is 3.73. The van der Waals surface area contributed by atoms with Crippen LogP contribution in [0.3, 0.4) is 0 Å². The molecular weight excluding hydrogens is 199 g/mol. The Morgan fingerprint density at radius 2 is 1.81 bits per heavy atom. The van der Waals surface area contributed by atoms with Gasteiger partial charge in [0.25, 0.3) is 0 Å². The van der Waals surface area contributed by atoms with Gasteiger partial charge >= 0.3 is 6.92 Å². The van der Waals surface area contributed by atoms with Crippen molar-refractivity contribution >= 4 is 18.2 Å². The number of hydrogen-bond acceptors (Lipinski definition) is 2. The molecule has 0 N–H and O–H groups in total. The van der Waals surface area contributed by atoms with E-state index in [1.54, 1.807) is 6.92 Å². The average Bonchev–Trinajstić information content (AvgIpc) is 2.57. The molecule has 0 saturated carbocycles. The van der Waals surface area contributed by atoms with Crippen LogP contribution >= 0.6 is 0 Å². The summed E-state index contributed by atoms with van der Waals surface area (Å²) in [5.41, 5.74) is 6.83. The molecule has 3 heteroatoms. The lowest BCUT2D eigenvalue weighted by Crippen LogP contribution is -2.30. The molecule has 1 aliphatic rings. The molecular formula is C13H17BO2. The summed E-state index contributed by atoms with van der Waals surface area (Å²) in [7, 11) is 0. The van der Waals surface area contributed by atoms with E-state index in [9.17, 15) is 4.79 Å². The van der Waals surface area contributed by atoms with Gasteiger partial charge in [0.1, 0.15) is 0 Å². The van der Waals surface area contributed by atoms with Gasteiger partial charge in [-0.05, 0) is 55.4 Å². The van der Waals surface area contributed by atoms with Crippen LogP contribution < -0.4 is 5.46 Å². The summed E-state index contributed by atoms with van der Waals surface area (Å²) in [5, 5.41) is 0. The molecule has 2 rings (SSSR count). The Balaban J connectivity index is 2.81. The smallest absolute Gasteiger partial charge is 0.324 e. The zero-order valence-electron chi connectivity index (χ0n) is 10.6. The fourth-order valence-corrected chi connectivity index (χ4v) is 2.81. The number of rotatable bonds is 1. The van der Waals surface area contributed by atoms with Gasteiger partial charge in [0.2, 0.25) is 0 Å². The summed E-state index contributed by atoms with van der Waals surface area (Å²) in [6.45, 7) is 10.6. The van der Waals surface area contributed by atoms with Gasteiger partial charge in [-0.3, -0.25) is 4.79 Å². The number of carbonyl (C=O) groups is 1. The lowest BCUT2D eigenvalue weighted by molar-refractivity contribution is 0.101. The Morgan fingerprint density at radius 3 is 2.38 bits per heavy atom. The minimum atomic E-state index is 0.118. The number of carbonyl (C=O) groups excluding carboxylic acids is 1. The average molecular weight is 216 g/mol. The van der Waals surface area contributed by atoms with Gasteiger partial charge in [-0.15, -0.1) is 0 Å². The predicted octanol–water partition coefficient (Wildman–Crippen LogP) is 2.17. The Hall–Kier alpha value is -1.09. The van der Waals surface area contributed by atoms with Crippen LogP contribution in [0.25, 0.3) is 0 Å². The van der Waals surface area contributed by atoms with Crippen LogP contribution in [0.5, 0.6) is 0 Å². The van der Waals surface area contributed by atoms with Crippen LogP contribution in [0.4, 0.5) is 0 Å². The van der Waals surface area contributed by atoms with Crippen molar-refractivity contribution in [1.82, 2.24) is 0 Å². The van der Waals surface area contributed by atoms with Gasteiger partial charge in [0, 0.05) is 5.56 Å². The number of Topliss-reactive ketones (excluding diaryl/α,β-unsaturated/α-hetero) is 1. The standard InChI is InChI=1S/C13H17BO2/c1-7-8(2)12(10(4)15)9(3)13-11(7)6-16-14(13)5/h6H2,1-5H3. The zero-order valence-corrected chi connectivity index (χ0v) is 10.6. The molecule has 0 unspecified atom stereocenters. The zero-order chi connectivity index (χ0) is 12.0. The van der Waals surface area contributed by atoms with Crippen molar-refractivity contribution in [3.8, 4) is 0 Å². The van der Waals surface area contributed by atoms with E-state index >= 15 is 0 Å². The summed E-state index contributed by atoms with van der Waals surface area (Å²) in [6.07, 6.45) is 0. The number of fused-ring (bicyclic) bond motifs is 1. The fourth-order valence-electron chi connectivity index (χ4n) is 2.81. The highest BCUT2D eigenvalue weighted by atomic mass is 16.4. The third-order valence-corrected chi connectivity index (χ3v) is 3.73. The first kappa shape index (κ1) is 11.4. The molecule has 84 valence electrons. The van der Waals surface area contributed by atoms with Crippen molar-refractivity contribution in [3.05, 3.63) is 27.8 Å². The fraction of sp³-hybridized carbons (Fsp3) is 0.462. The lowest BCUT2D eigenvalue weighted by atomic mass is 9.61. The largest absolute Gasteiger partial charge is 0.427 e. The van der Waals surface area contributed by atoms with Crippen molar-refractivity contribution in [2.24, 2.45) is 0 Å². The number of benzene rings is 1. The molecule has 0 aromatic heterocycles. The molecule has 0 fully saturated rings. The molecule has 1 aromatic rings. The van der Waals surface area contributed by atoms with E-state index in [-0.39, 0.29) is 12.7 Å². The maximum absolute atomic E-state index is 11.7. The molecule has 0 radical (unpaired) electrons. The molecule has 0 amide bonds. The molecule has 1 heterocycles. The highest BCUT2D eigenvalue weighted by molar-refractivity contribution is 6.68. The van der Waals surface area contributed by atoms with Gasteiger partial charge in [-0.25, -0.2) is 0 Å². The van der Waals surface area contributed by atoms with Crippen LogP contribution in [0.15, 0.2) is 0 Å². The lowest BCUT2D eigenvalue weighted by Gasteiger charge is -2.16. The van der Waals surface area contributed by atoms with Gasteiger partial charge in [0.05, 0.1) is 6.61 Å².